The van der Waals surface area contributed by atoms with Gasteiger partial charge in [-0.25, -0.2) is 0 Å². The van der Waals surface area contributed by atoms with E-state index in [0.717, 1.165) is 0 Å². The Balaban J connectivity index is 0.00000104. The molecule has 2 aromatic rings. The van der Waals surface area contributed by atoms with Crippen molar-refractivity contribution in [2.75, 3.05) is 6.61 Å². The summed E-state index contributed by atoms with van der Waals surface area (Å²) in [7, 11) is 0. The third-order valence-corrected chi connectivity index (χ3v) is 4.12. The molecule has 0 aliphatic carbocycles. The number of ketones is 1. The first-order chi connectivity index (χ1) is 15.8. The van der Waals surface area contributed by atoms with E-state index in [0.29, 0.717) is 34.0 Å². The average Bonchev–Trinajstić information content (AvgIpc) is 3.21. The van der Waals surface area contributed by atoms with E-state index in [-0.39, 0.29) is 30.9 Å². The van der Waals surface area contributed by atoms with E-state index < -0.39 is 0 Å². The zero-order valence-electron chi connectivity index (χ0n) is 21.4. The third kappa shape index (κ3) is 10.4. The smallest absolute Gasteiger partial charge is 0.261 e. The van der Waals surface area contributed by atoms with Gasteiger partial charge in [-0.15, -0.1) is 0 Å². The van der Waals surface area contributed by atoms with Crippen LogP contribution in [0, 0.1) is 5.41 Å². The fourth-order valence-electron chi connectivity index (χ4n) is 2.52. The largest absolute Gasteiger partial charge is 0.484 e. The van der Waals surface area contributed by atoms with Crippen molar-refractivity contribution in [1.29, 1.82) is 0 Å². The van der Waals surface area contributed by atoms with E-state index in [1.54, 1.807) is 47.4 Å². The van der Waals surface area contributed by atoms with E-state index in [4.69, 9.17) is 9.26 Å². The van der Waals surface area contributed by atoms with Crippen LogP contribution in [-0.4, -0.2) is 39.4 Å². The van der Waals surface area contributed by atoms with Gasteiger partial charge in [-0.05, 0) is 50.5 Å². The first-order valence-electron chi connectivity index (χ1n) is 11.2. The number of Topliss-reactive ketones (excluding diaryl/α,β-unsaturated/α-hetero) is 1. The molecule has 1 aromatic carbocycles. The summed E-state index contributed by atoms with van der Waals surface area (Å²) in [6.45, 7) is 21.4. The molecule has 0 saturated heterocycles. The molecule has 0 bridgehead atoms. The standard InChI is InChI=1S/C22H25N3O4.C5H12/c1-6-8-17(7-2)22-23-20(29-24-22)13-25(15(3)4)21(27)14-28-19-11-9-18(10-12-19)16(5)26;1-5(2,3)4/h6-12,15H,1-2,13-14H2,3-5H3;1-4H3/b17-8+;. The van der Waals surface area contributed by atoms with Gasteiger partial charge in [0.15, 0.2) is 12.4 Å². The van der Waals surface area contributed by atoms with Gasteiger partial charge in [-0.3, -0.25) is 9.59 Å². The lowest BCUT2D eigenvalue weighted by Gasteiger charge is -2.25. The zero-order chi connectivity index (χ0) is 25.9. The maximum Gasteiger partial charge on any atom is 0.261 e. The van der Waals surface area contributed by atoms with Crippen molar-refractivity contribution < 1.29 is 18.8 Å². The monoisotopic (exact) mass is 467 g/mol. The summed E-state index contributed by atoms with van der Waals surface area (Å²) >= 11 is 0. The van der Waals surface area contributed by atoms with Gasteiger partial charge in [0, 0.05) is 17.2 Å². The number of hydrogen-bond donors (Lipinski definition) is 0. The van der Waals surface area contributed by atoms with Gasteiger partial charge < -0.3 is 14.2 Å². The third-order valence-electron chi connectivity index (χ3n) is 4.12. The molecule has 0 radical (unpaired) electrons. The second kappa shape index (κ2) is 13.3. The molecule has 0 atom stereocenters. The van der Waals surface area contributed by atoms with Crippen molar-refractivity contribution in [2.24, 2.45) is 5.41 Å². The summed E-state index contributed by atoms with van der Waals surface area (Å²) in [5.41, 5.74) is 1.76. The molecule has 184 valence electrons. The maximum absolute atomic E-state index is 12.7. The van der Waals surface area contributed by atoms with Crippen LogP contribution in [0.2, 0.25) is 0 Å². The Hall–Kier alpha value is -3.48. The highest BCUT2D eigenvalue weighted by atomic mass is 16.5. The molecule has 0 spiro atoms. The van der Waals surface area contributed by atoms with Crippen LogP contribution in [0.4, 0.5) is 0 Å². The van der Waals surface area contributed by atoms with Gasteiger partial charge in [0.25, 0.3) is 5.91 Å². The number of rotatable bonds is 10. The van der Waals surface area contributed by atoms with Gasteiger partial charge >= 0.3 is 0 Å². The molecular formula is C27H37N3O4. The van der Waals surface area contributed by atoms with Gasteiger partial charge in [-0.1, -0.05) is 64.2 Å². The summed E-state index contributed by atoms with van der Waals surface area (Å²) < 4.78 is 10.8. The Morgan fingerprint density at radius 1 is 1.15 bits per heavy atom. The lowest BCUT2D eigenvalue weighted by atomic mass is 10.0. The molecule has 7 heteroatoms. The molecule has 0 unspecified atom stereocenters. The van der Waals surface area contributed by atoms with Crippen LogP contribution in [-0.2, 0) is 11.3 Å². The number of benzene rings is 1. The van der Waals surface area contributed by atoms with Crippen molar-refractivity contribution in [2.45, 2.75) is 61.1 Å². The molecule has 0 N–H and O–H groups in total. The average molecular weight is 468 g/mol. The van der Waals surface area contributed by atoms with Crippen LogP contribution in [0.5, 0.6) is 5.75 Å². The van der Waals surface area contributed by atoms with Crippen molar-refractivity contribution in [3.05, 3.63) is 72.9 Å². The SMILES string of the molecule is C=C/C=C(\C=C)c1noc(CN(C(=O)COc2ccc(C(C)=O)cc2)C(C)C)n1.CC(C)(C)C. The van der Waals surface area contributed by atoms with Gasteiger partial charge in [0.05, 0.1) is 0 Å². The Labute approximate surface area is 203 Å². The second-order valence-electron chi connectivity index (χ2n) is 9.56. The van der Waals surface area contributed by atoms with Gasteiger partial charge in [0.1, 0.15) is 12.3 Å². The molecule has 1 amide bonds. The number of carbonyl (C=O) groups excluding carboxylic acids is 2. The fraction of sp³-hybridized carbons (Fsp3) is 0.407. The molecule has 7 nitrogen and oxygen atoms in total. The van der Waals surface area contributed by atoms with Crippen LogP contribution in [0.15, 0.2) is 60.2 Å². The van der Waals surface area contributed by atoms with E-state index >= 15 is 0 Å². The summed E-state index contributed by atoms with van der Waals surface area (Å²) in [6.07, 6.45) is 4.93. The van der Waals surface area contributed by atoms with Gasteiger partial charge in [-0.2, -0.15) is 4.98 Å². The zero-order valence-corrected chi connectivity index (χ0v) is 21.4. The maximum atomic E-state index is 12.7. The number of allylic oxidation sites excluding steroid dienone is 4. The number of carbonyl (C=O) groups is 2. The van der Waals surface area contributed by atoms with Gasteiger partial charge in [0.2, 0.25) is 11.7 Å². The van der Waals surface area contributed by atoms with Crippen molar-refractivity contribution in [1.82, 2.24) is 15.0 Å². The first-order valence-corrected chi connectivity index (χ1v) is 11.2. The highest BCUT2D eigenvalue weighted by molar-refractivity contribution is 5.94. The Kier molecular flexibility index (Phi) is 11.2. The number of aromatic nitrogens is 2. The van der Waals surface area contributed by atoms with Crippen LogP contribution >= 0.6 is 0 Å². The highest BCUT2D eigenvalue weighted by Crippen LogP contribution is 2.16. The molecule has 0 saturated carbocycles. The summed E-state index contributed by atoms with van der Waals surface area (Å²) in [4.78, 5) is 29.9. The molecule has 1 aromatic heterocycles. The quantitative estimate of drug-likeness (QED) is 0.320. The van der Waals surface area contributed by atoms with Crippen LogP contribution in [0.3, 0.4) is 0 Å². The molecular weight excluding hydrogens is 430 g/mol. The lowest BCUT2D eigenvalue weighted by Crippen LogP contribution is -2.39. The first kappa shape index (κ1) is 28.6. The van der Waals surface area contributed by atoms with Crippen molar-refractivity contribution >= 4 is 17.3 Å². The number of ether oxygens (including phenoxy) is 1. The summed E-state index contributed by atoms with van der Waals surface area (Å²) in [6, 6.07) is 6.56. The Bertz CT molecular complexity index is 990. The molecule has 1 heterocycles. The van der Waals surface area contributed by atoms with Crippen LogP contribution in [0.25, 0.3) is 5.57 Å². The Morgan fingerprint density at radius 3 is 2.21 bits per heavy atom. The number of nitrogens with zero attached hydrogens (tertiary/aromatic N) is 3. The predicted octanol–water partition coefficient (Wildman–Crippen LogP) is 5.90. The normalized spacial score (nSPS) is 11.4. The van der Waals surface area contributed by atoms with Crippen molar-refractivity contribution in [3.8, 4) is 5.75 Å². The second-order valence-corrected chi connectivity index (χ2v) is 9.56. The topological polar surface area (TPSA) is 85.5 Å². The van der Waals surface area contributed by atoms with Crippen LogP contribution < -0.4 is 4.74 Å². The number of hydrogen-bond acceptors (Lipinski definition) is 6. The molecule has 0 fully saturated rings. The summed E-state index contributed by atoms with van der Waals surface area (Å²) in [5.74, 6) is 0.955. The Morgan fingerprint density at radius 2 is 1.74 bits per heavy atom. The molecule has 0 aliphatic rings. The summed E-state index contributed by atoms with van der Waals surface area (Å²) in [5, 5.41) is 3.92. The van der Waals surface area contributed by atoms with Crippen LogP contribution in [0.1, 0.15) is 70.5 Å². The molecule has 34 heavy (non-hydrogen) atoms. The number of amides is 1. The lowest BCUT2D eigenvalue weighted by molar-refractivity contribution is -0.136. The molecule has 2 rings (SSSR count). The van der Waals surface area contributed by atoms with Crippen molar-refractivity contribution in [3.63, 3.8) is 0 Å². The molecule has 0 aliphatic heterocycles. The predicted molar refractivity (Wildman–Crippen MR) is 135 cm³/mol. The van der Waals surface area contributed by atoms with E-state index in [1.807, 2.05) is 13.8 Å². The van der Waals surface area contributed by atoms with E-state index in [1.165, 1.54) is 6.92 Å². The highest BCUT2D eigenvalue weighted by Gasteiger charge is 2.21. The minimum Gasteiger partial charge on any atom is -0.484 e. The minimum atomic E-state index is -0.221. The van der Waals surface area contributed by atoms with E-state index in [2.05, 4.69) is 51.0 Å². The minimum absolute atomic E-state index is 0.0277. The van der Waals surface area contributed by atoms with E-state index in [9.17, 15) is 9.59 Å². The fourth-order valence-corrected chi connectivity index (χ4v) is 2.52.